The Bertz CT molecular complexity index is 604. The van der Waals surface area contributed by atoms with E-state index in [0.29, 0.717) is 10.7 Å². The number of carbonyl (C=O) groups excluding carboxylic acids is 1. The van der Waals surface area contributed by atoms with Gasteiger partial charge in [-0.1, -0.05) is 12.1 Å². The summed E-state index contributed by atoms with van der Waals surface area (Å²) in [4.78, 5) is 11.3. The highest BCUT2D eigenvalue weighted by Crippen LogP contribution is 2.11. The SMILES string of the molecule is CC(=O)c1cccc(NC(=S)n2cc(C)cn2)c1. The Morgan fingerprint density at radius 1 is 1.44 bits per heavy atom. The molecule has 0 aliphatic carbocycles. The maximum Gasteiger partial charge on any atom is 0.198 e. The van der Waals surface area contributed by atoms with Crippen molar-refractivity contribution in [1.29, 1.82) is 0 Å². The fraction of sp³-hybridized carbons (Fsp3) is 0.154. The van der Waals surface area contributed by atoms with E-state index in [0.717, 1.165) is 11.3 Å². The molecule has 1 heterocycles. The van der Waals surface area contributed by atoms with Crippen LogP contribution in [0.15, 0.2) is 36.7 Å². The Morgan fingerprint density at radius 2 is 2.22 bits per heavy atom. The number of benzene rings is 1. The van der Waals surface area contributed by atoms with Gasteiger partial charge in [0.25, 0.3) is 0 Å². The van der Waals surface area contributed by atoms with E-state index in [1.54, 1.807) is 23.0 Å². The van der Waals surface area contributed by atoms with E-state index < -0.39 is 0 Å². The number of Topliss-reactive ketones (excluding diaryl/α,β-unsaturated/α-hetero) is 1. The monoisotopic (exact) mass is 259 g/mol. The van der Waals surface area contributed by atoms with E-state index in [1.165, 1.54) is 6.92 Å². The zero-order valence-corrected chi connectivity index (χ0v) is 11.0. The molecule has 0 aliphatic rings. The summed E-state index contributed by atoms with van der Waals surface area (Å²) in [6.45, 7) is 3.48. The summed E-state index contributed by atoms with van der Waals surface area (Å²) in [5, 5.41) is 7.64. The molecule has 0 radical (unpaired) electrons. The van der Waals surface area contributed by atoms with Gasteiger partial charge >= 0.3 is 0 Å². The second-order valence-corrected chi connectivity index (χ2v) is 4.42. The molecule has 0 aliphatic heterocycles. The van der Waals surface area contributed by atoms with Gasteiger partial charge in [0.15, 0.2) is 10.9 Å². The van der Waals surface area contributed by atoms with Crippen LogP contribution in [0.1, 0.15) is 22.8 Å². The lowest BCUT2D eigenvalue weighted by atomic mass is 10.1. The van der Waals surface area contributed by atoms with E-state index in [9.17, 15) is 4.79 Å². The van der Waals surface area contributed by atoms with Gasteiger partial charge in [-0.2, -0.15) is 5.10 Å². The standard InChI is InChI=1S/C13H13N3OS/c1-9-7-14-16(8-9)13(18)15-12-5-3-4-11(6-12)10(2)17/h3-8H,1-2H3,(H,15,18). The van der Waals surface area contributed by atoms with Gasteiger partial charge in [-0.05, 0) is 43.8 Å². The number of anilines is 1. The third-order valence-electron chi connectivity index (χ3n) is 2.44. The van der Waals surface area contributed by atoms with Crippen LogP contribution in [0.2, 0.25) is 0 Å². The topological polar surface area (TPSA) is 46.9 Å². The molecule has 0 saturated carbocycles. The minimum atomic E-state index is 0.0273. The second kappa shape index (κ2) is 5.10. The highest BCUT2D eigenvalue weighted by molar-refractivity contribution is 7.80. The Kier molecular flexibility index (Phi) is 3.53. The molecule has 0 saturated heterocycles. The van der Waals surface area contributed by atoms with Crippen LogP contribution in [-0.2, 0) is 0 Å². The van der Waals surface area contributed by atoms with Gasteiger partial charge < -0.3 is 5.32 Å². The van der Waals surface area contributed by atoms with Crippen molar-refractivity contribution >= 4 is 28.8 Å². The molecule has 1 N–H and O–H groups in total. The molecule has 0 atom stereocenters. The summed E-state index contributed by atoms with van der Waals surface area (Å²) in [5.41, 5.74) is 2.47. The van der Waals surface area contributed by atoms with E-state index >= 15 is 0 Å². The minimum absolute atomic E-state index is 0.0273. The van der Waals surface area contributed by atoms with Crippen molar-refractivity contribution in [2.45, 2.75) is 13.8 Å². The molecule has 92 valence electrons. The smallest absolute Gasteiger partial charge is 0.198 e. The molecule has 18 heavy (non-hydrogen) atoms. The Balaban J connectivity index is 2.16. The first-order valence-electron chi connectivity index (χ1n) is 5.50. The highest BCUT2D eigenvalue weighted by atomic mass is 32.1. The number of aryl methyl sites for hydroxylation is 1. The lowest BCUT2D eigenvalue weighted by Crippen LogP contribution is -2.19. The van der Waals surface area contributed by atoms with Crippen LogP contribution in [0.3, 0.4) is 0 Å². The Hall–Kier alpha value is -2.01. The number of aromatic nitrogens is 2. The fourth-order valence-electron chi connectivity index (χ4n) is 1.52. The van der Waals surface area contributed by atoms with Gasteiger partial charge in [-0.25, -0.2) is 4.68 Å². The largest absolute Gasteiger partial charge is 0.331 e. The zero-order chi connectivity index (χ0) is 13.1. The molecule has 4 nitrogen and oxygen atoms in total. The van der Waals surface area contributed by atoms with Crippen LogP contribution >= 0.6 is 12.2 Å². The lowest BCUT2D eigenvalue weighted by Gasteiger charge is -2.08. The average molecular weight is 259 g/mol. The maximum absolute atomic E-state index is 11.3. The zero-order valence-electron chi connectivity index (χ0n) is 10.2. The number of hydrogen-bond acceptors (Lipinski definition) is 3. The number of nitrogens with one attached hydrogen (secondary N) is 1. The minimum Gasteiger partial charge on any atom is -0.331 e. The predicted molar refractivity (Wildman–Crippen MR) is 75.0 cm³/mol. The summed E-state index contributed by atoms with van der Waals surface area (Å²) < 4.78 is 1.59. The van der Waals surface area contributed by atoms with Gasteiger partial charge in [-0.3, -0.25) is 4.79 Å². The summed E-state index contributed by atoms with van der Waals surface area (Å²) >= 11 is 5.23. The van der Waals surface area contributed by atoms with E-state index in [-0.39, 0.29) is 5.78 Å². The van der Waals surface area contributed by atoms with Crippen LogP contribution in [-0.4, -0.2) is 20.7 Å². The third kappa shape index (κ3) is 2.81. The number of thiocarbonyl (C=S) groups is 1. The summed E-state index contributed by atoms with van der Waals surface area (Å²) in [6.07, 6.45) is 3.57. The molecule has 1 aromatic heterocycles. The summed E-state index contributed by atoms with van der Waals surface area (Å²) in [5.74, 6) is 0.0273. The number of carbonyl (C=O) groups is 1. The van der Waals surface area contributed by atoms with Gasteiger partial charge in [0.2, 0.25) is 0 Å². The van der Waals surface area contributed by atoms with Crippen LogP contribution in [0, 0.1) is 6.92 Å². The van der Waals surface area contributed by atoms with Gasteiger partial charge in [0.1, 0.15) is 0 Å². The normalized spacial score (nSPS) is 10.1. The van der Waals surface area contributed by atoms with Crippen molar-refractivity contribution in [3.8, 4) is 0 Å². The van der Waals surface area contributed by atoms with E-state index in [1.807, 2.05) is 25.3 Å². The lowest BCUT2D eigenvalue weighted by molar-refractivity contribution is 0.101. The first kappa shape index (κ1) is 12.4. The quantitative estimate of drug-likeness (QED) is 0.665. The van der Waals surface area contributed by atoms with Gasteiger partial charge in [0.05, 0.1) is 6.20 Å². The van der Waals surface area contributed by atoms with Crippen molar-refractivity contribution < 1.29 is 4.79 Å². The Morgan fingerprint density at radius 3 is 2.83 bits per heavy atom. The molecule has 0 amide bonds. The van der Waals surface area contributed by atoms with Crippen molar-refractivity contribution in [2.24, 2.45) is 0 Å². The van der Waals surface area contributed by atoms with Crippen LogP contribution in [0.4, 0.5) is 5.69 Å². The maximum atomic E-state index is 11.3. The summed E-state index contributed by atoms with van der Waals surface area (Å²) in [6, 6.07) is 7.21. The summed E-state index contributed by atoms with van der Waals surface area (Å²) in [7, 11) is 0. The van der Waals surface area contributed by atoms with Gasteiger partial charge in [-0.15, -0.1) is 0 Å². The van der Waals surface area contributed by atoms with Crippen molar-refractivity contribution in [2.75, 3.05) is 5.32 Å². The van der Waals surface area contributed by atoms with Crippen molar-refractivity contribution in [3.05, 3.63) is 47.8 Å². The molecule has 2 aromatic rings. The number of hydrogen-bond donors (Lipinski definition) is 1. The third-order valence-corrected chi connectivity index (χ3v) is 2.73. The molecule has 1 aromatic carbocycles. The van der Waals surface area contributed by atoms with Gasteiger partial charge in [0, 0.05) is 17.4 Å². The molecule has 5 heteroatoms. The van der Waals surface area contributed by atoms with E-state index in [2.05, 4.69) is 10.4 Å². The van der Waals surface area contributed by atoms with Crippen LogP contribution in [0.25, 0.3) is 0 Å². The second-order valence-electron chi connectivity index (χ2n) is 4.03. The number of ketones is 1. The van der Waals surface area contributed by atoms with Crippen LogP contribution < -0.4 is 5.32 Å². The first-order chi connectivity index (χ1) is 8.56. The average Bonchev–Trinajstić information content (AvgIpc) is 2.76. The number of nitrogens with zero attached hydrogens (tertiary/aromatic N) is 2. The molecule has 0 fully saturated rings. The molecule has 0 spiro atoms. The molecular formula is C13H13N3OS. The predicted octanol–water partition coefficient (Wildman–Crippen LogP) is 2.64. The highest BCUT2D eigenvalue weighted by Gasteiger charge is 2.04. The fourth-order valence-corrected chi connectivity index (χ4v) is 1.74. The Labute approximate surface area is 111 Å². The molecule has 0 bridgehead atoms. The molecule has 2 rings (SSSR count). The number of rotatable bonds is 2. The van der Waals surface area contributed by atoms with Crippen molar-refractivity contribution in [3.63, 3.8) is 0 Å². The molecule has 0 unspecified atom stereocenters. The van der Waals surface area contributed by atoms with Crippen LogP contribution in [0.5, 0.6) is 0 Å². The van der Waals surface area contributed by atoms with E-state index in [4.69, 9.17) is 12.2 Å². The van der Waals surface area contributed by atoms with Crippen molar-refractivity contribution in [1.82, 2.24) is 9.78 Å². The molecular weight excluding hydrogens is 246 g/mol. The first-order valence-corrected chi connectivity index (χ1v) is 5.91.